The van der Waals surface area contributed by atoms with Crippen LogP contribution >= 0.6 is 11.6 Å². The van der Waals surface area contributed by atoms with Gasteiger partial charge in [-0.1, -0.05) is 11.6 Å². The summed E-state index contributed by atoms with van der Waals surface area (Å²) in [5, 5.41) is 0.609. The van der Waals surface area contributed by atoms with Gasteiger partial charge < -0.3 is 14.3 Å². The highest BCUT2D eigenvalue weighted by molar-refractivity contribution is 6.30. The molecule has 7 nitrogen and oxygen atoms in total. The highest BCUT2D eigenvalue weighted by atomic mass is 35.5. The SMILES string of the molecule is Cn1cc(-c2cc(N3C(=O)CCC3=O)ccc2Oc2ccc(Cl)c(F)c2)c2cc[nH]c2c1=O. The molecule has 0 aliphatic carbocycles. The number of hydrogen-bond donors (Lipinski definition) is 1. The molecule has 2 aromatic heterocycles. The minimum absolute atomic E-state index is 0.0314. The minimum atomic E-state index is -0.629. The average molecular weight is 466 g/mol. The fraction of sp³-hybridized carbons (Fsp3) is 0.125. The Labute approximate surface area is 192 Å². The van der Waals surface area contributed by atoms with Crippen molar-refractivity contribution >= 4 is 40.0 Å². The Morgan fingerprint density at radius 3 is 2.48 bits per heavy atom. The molecule has 4 aromatic rings. The second-order valence-electron chi connectivity index (χ2n) is 7.71. The van der Waals surface area contributed by atoms with Crippen LogP contribution in [-0.4, -0.2) is 21.4 Å². The maximum atomic E-state index is 14.0. The molecule has 0 atom stereocenters. The van der Waals surface area contributed by atoms with E-state index in [0.29, 0.717) is 33.5 Å². The van der Waals surface area contributed by atoms with Crippen molar-refractivity contribution in [1.82, 2.24) is 9.55 Å². The minimum Gasteiger partial charge on any atom is -0.457 e. The lowest BCUT2D eigenvalue weighted by molar-refractivity contribution is -0.121. The number of hydrogen-bond acceptors (Lipinski definition) is 4. The van der Waals surface area contributed by atoms with E-state index >= 15 is 0 Å². The second-order valence-corrected chi connectivity index (χ2v) is 8.11. The number of aryl methyl sites for hydroxylation is 1. The lowest BCUT2D eigenvalue weighted by atomic mass is 10.0. The number of fused-ring (bicyclic) bond motifs is 1. The lowest BCUT2D eigenvalue weighted by Crippen LogP contribution is -2.28. The first-order chi connectivity index (χ1) is 15.8. The van der Waals surface area contributed by atoms with E-state index in [4.69, 9.17) is 16.3 Å². The van der Waals surface area contributed by atoms with Gasteiger partial charge in [0.15, 0.2) is 0 Å². The van der Waals surface area contributed by atoms with E-state index < -0.39 is 5.82 Å². The maximum absolute atomic E-state index is 14.0. The van der Waals surface area contributed by atoms with Crippen molar-refractivity contribution in [2.75, 3.05) is 4.90 Å². The molecule has 0 spiro atoms. The van der Waals surface area contributed by atoms with Crippen LogP contribution < -0.4 is 15.2 Å². The van der Waals surface area contributed by atoms with E-state index in [0.717, 1.165) is 4.90 Å². The summed E-state index contributed by atoms with van der Waals surface area (Å²) in [6, 6.07) is 10.7. The van der Waals surface area contributed by atoms with Gasteiger partial charge in [-0.05, 0) is 36.4 Å². The Kier molecular flexibility index (Phi) is 5.02. The van der Waals surface area contributed by atoms with Crippen LogP contribution in [0.25, 0.3) is 22.0 Å². The van der Waals surface area contributed by atoms with Crippen LogP contribution in [0.5, 0.6) is 11.5 Å². The van der Waals surface area contributed by atoms with Crippen LogP contribution in [0, 0.1) is 5.82 Å². The Bertz CT molecular complexity index is 1490. The molecular formula is C24H17ClFN3O4. The molecule has 33 heavy (non-hydrogen) atoms. The normalized spacial score (nSPS) is 13.8. The molecule has 9 heteroatoms. The molecule has 0 unspecified atom stereocenters. The summed E-state index contributed by atoms with van der Waals surface area (Å²) in [5.41, 5.74) is 1.75. The number of imide groups is 1. The number of ether oxygens (including phenoxy) is 1. The van der Waals surface area contributed by atoms with Gasteiger partial charge in [-0.15, -0.1) is 0 Å². The predicted octanol–water partition coefficient (Wildman–Crippen LogP) is 4.77. The summed E-state index contributed by atoms with van der Waals surface area (Å²) < 4.78 is 21.4. The van der Waals surface area contributed by atoms with Crippen LogP contribution in [0.1, 0.15) is 12.8 Å². The van der Waals surface area contributed by atoms with Gasteiger partial charge in [-0.3, -0.25) is 19.3 Å². The molecule has 3 heterocycles. The van der Waals surface area contributed by atoms with E-state index in [9.17, 15) is 18.8 Å². The molecule has 5 rings (SSSR count). The van der Waals surface area contributed by atoms with E-state index in [2.05, 4.69) is 4.98 Å². The zero-order valence-electron chi connectivity index (χ0n) is 17.4. The summed E-state index contributed by atoms with van der Waals surface area (Å²) in [4.78, 5) is 41.3. The highest BCUT2D eigenvalue weighted by Gasteiger charge is 2.31. The summed E-state index contributed by atoms with van der Waals surface area (Å²) in [5.74, 6) is -0.635. The first-order valence-electron chi connectivity index (χ1n) is 10.1. The standard InChI is InChI=1S/C24H17ClFN3O4/c1-28-12-17(15-8-9-27-23(15)24(28)32)16-10-13(29-21(30)6-7-22(29)31)2-5-20(16)33-14-3-4-18(25)19(26)11-14/h2-5,8-12,27H,6-7H2,1H3. The summed E-state index contributed by atoms with van der Waals surface area (Å²) in [6.45, 7) is 0. The molecule has 166 valence electrons. The number of carbonyl (C=O) groups is 2. The monoisotopic (exact) mass is 465 g/mol. The Morgan fingerprint density at radius 2 is 1.76 bits per heavy atom. The largest absolute Gasteiger partial charge is 0.457 e. The number of aromatic amines is 1. The average Bonchev–Trinajstić information content (AvgIpc) is 3.41. The zero-order valence-corrected chi connectivity index (χ0v) is 18.1. The highest BCUT2D eigenvalue weighted by Crippen LogP contribution is 2.40. The molecule has 0 radical (unpaired) electrons. The zero-order chi connectivity index (χ0) is 23.3. The fourth-order valence-electron chi connectivity index (χ4n) is 3.97. The lowest BCUT2D eigenvalue weighted by Gasteiger charge is -2.19. The molecule has 1 aliphatic rings. The van der Waals surface area contributed by atoms with Gasteiger partial charge in [-0.25, -0.2) is 4.39 Å². The van der Waals surface area contributed by atoms with Crippen molar-refractivity contribution < 1.29 is 18.7 Å². The van der Waals surface area contributed by atoms with Gasteiger partial charge in [0.05, 0.1) is 10.7 Å². The molecule has 1 saturated heterocycles. The van der Waals surface area contributed by atoms with Gasteiger partial charge in [0.1, 0.15) is 22.8 Å². The molecule has 2 aromatic carbocycles. The number of benzene rings is 2. The molecule has 0 saturated carbocycles. The molecule has 1 N–H and O–H groups in total. The summed E-state index contributed by atoms with van der Waals surface area (Å²) in [7, 11) is 1.62. The van der Waals surface area contributed by atoms with E-state index in [1.54, 1.807) is 43.7 Å². The van der Waals surface area contributed by atoms with Crippen LogP contribution in [-0.2, 0) is 16.6 Å². The Balaban J connectivity index is 1.72. The third-order valence-corrected chi connectivity index (χ3v) is 5.88. The van der Waals surface area contributed by atoms with E-state index in [1.807, 2.05) is 0 Å². The fourth-order valence-corrected chi connectivity index (χ4v) is 4.09. The maximum Gasteiger partial charge on any atom is 0.274 e. The van der Waals surface area contributed by atoms with Crippen LogP contribution in [0.3, 0.4) is 0 Å². The quantitative estimate of drug-likeness (QED) is 0.440. The van der Waals surface area contributed by atoms with Crippen LogP contribution in [0.2, 0.25) is 5.02 Å². The van der Waals surface area contributed by atoms with Crippen molar-refractivity contribution in [1.29, 1.82) is 0 Å². The van der Waals surface area contributed by atoms with Gasteiger partial charge in [0.2, 0.25) is 11.8 Å². The smallest absolute Gasteiger partial charge is 0.274 e. The third kappa shape index (κ3) is 3.58. The number of anilines is 1. The van der Waals surface area contributed by atoms with Gasteiger partial charge in [0, 0.05) is 54.9 Å². The topological polar surface area (TPSA) is 84.4 Å². The summed E-state index contributed by atoms with van der Waals surface area (Å²) >= 11 is 5.78. The third-order valence-electron chi connectivity index (χ3n) is 5.58. The molecule has 1 fully saturated rings. The first-order valence-corrected chi connectivity index (χ1v) is 10.5. The number of rotatable bonds is 4. The number of carbonyl (C=O) groups excluding carboxylic acids is 2. The number of halogens is 2. The number of nitrogens with zero attached hydrogens (tertiary/aromatic N) is 2. The van der Waals surface area contributed by atoms with Crippen molar-refractivity contribution in [3.05, 3.63) is 76.1 Å². The van der Waals surface area contributed by atoms with Crippen LogP contribution in [0.15, 0.2) is 59.7 Å². The number of pyridine rings is 1. The molecule has 1 aliphatic heterocycles. The number of aromatic nitrogens is 2. The number of amides is 2. The van der Waals surface area contributed by atoms with Gasteiger partial charge in [0.25, 0.3) is 5.56 Å². The number of nitrogens with one attached hydrogen (secondary N) is 1. The summed E-state index contributed by atoms with van der Waals surface area (Å²) in [6.07, 6.45) is 3.61. The van der Waals surface area contributed by atoms with Gasteiger partial charge in [-0.2, -0.15) is 0 Å². The first kappa shape index (κ1) is 21.0. The van der Waals surface area contributed by atoms with Crippen LogP contribution in [0.4, 0.5) is 10.1 Å². The van der Waals surface area contributed by atoms with Crippen molar-refractivity contribution in [3.63, 3.8) is 0 Å². The van der Waals surface area contributed by atoms with Gasteiger partial charge >= 0.3 is 0 Å². The molecule has 2 amide bonds. The molecule has 0 bridgehead atoms. The molecular weight excluding hydrogens is 449 g/mol. The predicted molar refractivity (Wildman–Crippen MR) is 122 cm³/mol. The number of H-pyrrole nitrogens is 1. The second kappa shape index (κ2) is 7.90. The van der Waals surface area contributed by atoms with Crippen molar-refractivity contribution in [3.8, 4) is 22.6 Å². The van der Waals surface area contributed by atoms with E-state index in [1.165, 1.54) is 22.8 Å². The van der Waals surface area contributed by atoms with Crippen molar-refractivity contribution in [2.45, 2.75) is 12.8 Å². The van der Waals surface area contributed by atoms with E-state index in [-0.39, 0.29) is 41.0 Å². The Morgan fingerprint density at radius 1 is 1.00 bits per heavy atom. The Hall–Kier alpha value is -3.91. The van der Waals surface area contributed by atoms with Crippen molar-refractivity contribution in [2.24, 2.45) is 7.05 Å².